The van der Waals surface area contributed by atoms with Gasteiger partial charge in [-0.3, -0.25) is 23.9 Å². The number of aromatic nitrogens is 3. The van der Waals surface area contributed by atoms with Crippen LogP contribution in [-0.4, -0.2) is 32.9 Å². The molecule has 3 aromatic heterocycles. The summed E-state index contributed by atoms with van der Waals surface area (Å²) in [6, 6.07) is 9.56. The first-order valence-corrected chi connectivity index (χ1v) is 11.1. The number of benzene rings is 1. The number of hydrogen-bond donors (Lipinski definition) is 2. The van der Waals surface area contributed by atoms with Crippen molar-refractivity contribution in [3.8, 4) is 0 Å². The second kappa shape index (κ2) is 9.27. The fourth-order valence-corrected chi connectivity index (χ4v) is 4.42. The quantitative estimate of drug-likeness (QED) is 0.422. The molecule has 2 N–H and O–H groups in total. The summed E-state index contributed by atoms with van der Waals surface area (Å²) in [5.74, 6) is -0.442. The van der Waals surface area contributed by atoms with E-state index in [1.165, 1.54) is 22.2 Å². The zero-order chi connectivity index (χ0) is 22.7. The normalized spacial score (nSPS) is 11.1. The fraction of sp³-hybridized carbons (Fsp3) is 0.261. The largest absolute Gasteiger partial charge is 0.355 e. The van der Waals surface area contributed by atoms with Crippen molar-refractivity contribution in [2.24, 2.45) is 0 Å². The highest BCUT2D eigenvalue weighted by Gasteiger charge is 2.13. The Kier molecular flexibility index (Phi) is 6.27. The number of para-hydroxylation sites is 1. The van der Waals surface area contributed by atoms with Gasteiger partial charge in [0, 0.05) is 23.2 Å². The van der Waals surface area contributed by atoms with Crippen LogP contribution in [0.3, 0.4) is 0 Å². The zero-order valence-corrected chi connectivity index (χ0v) is 18.7. The lowest BCUT2D eigenvalue weighted by molar-refractivity contribution is -0.122. The molecule has 2 amide bonds. The van der Waals surface area contributed by atoms with Crippen LogP contribution in [0, 0.1) is 13.8 Å². The van der Waals surface area contributed by atoms with Gasteiger partial charge in [0.1, 0.15) is 11.4 Å². The molecule has 4 aromatic rings. The highest BCUT2D eigenvalue weighted by atomic mass is 32.1. The summed E-state index contributed by atoms with van der Waals surface area (Å²) in [5, 5.41) is 7.10. The number of fused-ring (bicyclic) bond motifs is 2. The predicted molar refractivity (Wildman–Crippen MR) is 126 cm³/mol. The van der Waals surface area contributed by atoms with Crippen molar-refractivity contribution in [1.82, 2.24) is 19.9 Å². The van der Waals surface area contributed by atoms with Crippen LogP contribution in [0.15, 0.2) is 47.7 Å². The fourth-order valence-electron chi connectivity index (χ4n) is 3.43. The van der Waals surface area contributed by atoms with Crippen molar-refractivity contribution in [1.29, 1.82) is 0 Å². The minimum atomic E-state index is -0.294. The second-order valence-electron chi connectivity index (χ2n) is 7.56. The number of amides is 2. The van der Waals surface area contributed by atoms with E-state index in [0.717, 1.165) is 21.3 Å². The number of nitrogens with one attached hydrogen (secondary N) is 2. The van der Waals surface area contributed by atoms with Gasteiger partial charge in [0.15, 0.2) is 0 Å². The molecule has 0 atom stereocenters. The van der Waals surface area contributed by atoms with Crippen LogP contribution in [0.4, 0.5) is 5.69 Å². The molecule has 32 heavy (non-hydrogen) atoms. The Balaban J connectivity index is 1.25. The van der Waals surface area contributed by atoms with Crippen LogP contribution in [0.5, 0.6) is 0 Å². The molecule has 0 aliphatic rings. The number of aryl methyl sites for hydroxylation is 2. The molecule has 0 bridgehead atoms. The van der Waals surface area contributed by atoms with Gasteiger partial charge in [-0.1, -0.05) is 18.2 Å². The minimum absolute atomic E-state index is 0.106. The molecule has 9 heteroatoms. The molecule has 0 radical (unpaired) electrons. The molecule has 164 valence electrons. The molecule has 0 saturated carbocycles. The Morgan fingerprint density at radius 2 is 1.94 bits per heavy atom. The van der Waals surface area contributed by atoms with Crippen LogP contribution < -0.4 is 16.2 Å². The smallest absolute Gasteiger partial charge is 0.262 e. The Hall–Kier alpha value is -3.59. The first kappa shape index (κ1) is 21.6. The van der Waals surface area contributed by atoms with Gasteiger partial charge in [-0.2, -0.15) is 0 Å². The number of carbonyl (C=O) groups is 2. The topological polar surface area (TPSA) is 106 Å². The van der Waals surface area contributed by atoms with E-state index < -0.39 is 0 Å². The molecule has 8 nitrogen and oxygen atoms in total. The Morgan fingerprint density at radius 1 is 1.12 bits per heavy atom. The monoisotopic (exact) mass is 449 g/mol. The van der Waals surface area contributed by atoms with E-state index in [1.54, 1.807) is 6.20 Å². The molecule has 0 fully saturated rings. The van der Waals surface area contributed by atoms with Crippen molar-refractivity contribution in [3.63, 3.8) is 0 Å². The summed E-state index contributed by atoms with van der Waals surface area (Å²) < 4.78 is 1.32. The summed E-state index contributed by atoms with van der Waals surface area (Å²) in [6.45, 7) is 4.07. The molecule has 3 heterocycles. The molecule has 0 saturated heterocycles. The molecule has 0 aliphatic carbocycles. The number of hydrogen-bond acceptors (Lipinski definition) is 6. The summed E-state index contributed by atoms with van der Waals surface area (Å²) in [6.07, 6.45) is 3.77. The molecule has 0 aliphatic heterocycles. The SMILES string of the molecule is Cc1sc2ncn(CC(=O)NCCCC(=O)Nc3cnc4ccccc4c3)c(=O)c2c1C. The predicted octanol–water partition coefficient (Wildman–Crippen LogP) is 3.16. The Bertz CT molecular complexity index is 1380. The third kappa shape index (κ3) is 4.67. The second-order valence-corrected chi connectivity index (χ2v) is 8.76. The van der Waals surface area contributed by atoms with Gasteiger partial charge in [-0.15, -0.1) is 11.3 Å². The molecule has 0 unspecified atom stereocenters. The summed E-state index contributed by atoms with van der Waals surface area (Å²) >= 11 is 1.47. The Labute approximate surface area is 188 Å². The van der Waals surface area contributed by atoms with E-state index in [1.807, 2.05) is 44.2 Å². The van der Waals surface area contributed by atoms with E-state index in [9.17, 15) is 14.4 Å². The number of anilines is 1. The van der Waals surface area contributed by atoms with Crippen LogP contribution in [0.25, 0.3) is 21.1 Å². The molecule has 0 spiro atoms. The van der Waals surface area contributed by atoms with Crippen LogP contribution >= 0.6 is 11.3 Å². The number of pyridine rings is 1. The van der Waals surface area contributed by atoms with E-state index >= 15 is 0 Å². The maximum Gasteiger partial charge on any atom is 0.262 e. The Morgan fingerprint density at radius 3 is 2.78 bits per heavy atom. The van der Waals surface area contributed by atoms with E-state index in [0.29, 0.717) is 28.9 Å². The zero-order valence-electron chi connectivity index (χ0n) is 17.8. The van der Waals surface area contributed by atoms with Gasteiger partial charge < -0.3 is 10.6 Å². The lowest BCUT2D eigenvalue weighted by Gasteiger charge is -2.08. The summed E-state index contributed by atoms with van der Waals surface area (Å²) in [4.78, 5) is 47.4. The van der Waals surface area contributed by atoms with Crippen LogP contribution in [0.1, 0.15) is 23.3 Å². The third-order valence-electron chi connectivity index (χ3n) is 5.25. The average molecular weight is 450 g/mol. The minimum Gasteiger partial charge on any atom is -0.355 e. The maximum absolute atomic E-state index is 12.7. The van der Waals surface area contributed by atoms with Crippen LogP contribution in [0.2, 0.25) is 0 Å². The van der Waals surface area contributed by atoms with E-state index in [-0.39, 0.29) is 30.3 Å². The van der Waals surface area contributed by atoms with Crippen molar-refractivity contribution in [3.05, 3.63) is 63.7 Å². The van der Waals surface area contributed by atoms with Gasteiger partial charge in [0.2, 0.25) is 11.8 Å². The molecule has 4 rings (SSSR count). The highest BCUT2D eigenvalue weighted by molar-refractivity contribution is 7.18. The molecular weight excluding hydrogens is 426 g/mol. The van der Waals surface area contributed by atoms with Gasteiger partial charge in [0.05, 0.1) is 29.1 Å². The van der Waals surface area contributed by atoms with Crippen molar-refractivity contribution in [2.75, 3.05) is 11.9 Å². The number of thiophene rings is 1. The van der Waals surface area contributed by atoms with E-state index in [2.05, 4.69) is 20.6 Å². The average Bonchev–Trinajstić information content (AvgIpc) is 3.07. The highest BCUT2D eigenvalue weighted by Crippen LogP contribution is 2.25. The lowest BCUT2D eigenvalue weighted by Crippen LogP contribution is -2.33. The van der Waals surface area contributed by atoms with Crippen LogP contribution in [-0.2, 0) is 16.1 Å². The first-order chi connectivity index (χ1) is 15.4. The number of rotatable bonds is 7. The van der Waals surface area contributed by atoms with E-state index in [4.69, 9.17) is 0 Å². The van der Waals surface area contributed by atoms with Gasteiger partial charge in [-0.05, 0) is 38.0 Å². The molecular formula is C23H23N5O3S. The molecule has 1 aromatic carbocycles. The summed E-state index contributed by atoms with van der Waals surface area (Å²) in [7, 11) is 0. The summed E-state index contributed by atoms with van der Waals surface area (Å²) in [5.41, 5.74) is 2.20. The lowest BCUT2D eigenvalue weighted by atomic mass is 10.2. The maximum atomic E-state index is 12.7. The van der Waals surface area contributed by atoms with Crippen molar-refractivity contribution >= 4 is 50.0 Å². The first-order valence-electron chi connectivity index (χ1n) is 10.3. The number of carbonyl (C=O) groups excluding carboxylic acids is 2. The van der Waals surface area contributed by atoms with Gasteiger partial charge in [0.25, 0.3) is 5.56 Å². The van der Waals surface area contributed by atoms with Gasteiger partial charge in [-0.25, -0.2) is 4.98 Å². The third-order valence-corrected chi connectivity index (χ3v) is 6.36. The van der Waals surface area contributed by atoms with Crippen molar-refractivity contribution in [2.45, 2.75) is 33.2 Å². The number of nitrogens with zero attached hydrogens (tertiary/aromatic N) is 3. The standard InChI is InChI=1S/C23H23N5O3S/c1-14-15(2)32-22-21(14)23(31)28(13-26-22)12-20(30)24-9-5-8-19(29)27-17-10-16-6-3-4-7-18(16)25-11-17/h3-4,6-7,10-11,13H,5,8-9,12H2,1-2H3,(H,24,30)(H,27,29). The van der Waals surface area contributed by atoms with Crippen molar-refractivity contribution < 1.29 is 9.59 Å². The van der Waals surface area contributed by atoms with Gasteiger partial charge >= 0.3 is 0 Å².